The molecule has 0 radical (unpaired) electrons. The van der Waals surface area contributed by atoms with Crippen molar-refractivity contribution < 1.29 is 9.18 Å². The van der Waals surface area contributed by atoms with Crippen molar-refractivity contribution >= 4 is 23.2 Å². The largest absolute Gasteiger partial charge is 0.319 e. The molecule has 0 unspecified atom stereocenters. The lowest BCUT2D eigenvalue weighted by atomic mass is 10.1. The van der Waals surface area contributed by atoms with E-state index in [1.165, 1.54) is 6.07 Å². The van der Waals surface area contributed by atoms with Crippen molar-refractivity contribution in [2.45, 2.75) is 27.3 Å². The van der Waals surface area contributed by atoms with Gasteiger partial charge in [-0.1, -0.05) is 35.9 Å². The first kappa shape index (κ1) is 18.1. The maximum atomic E-state index is 14.1. The number of nitrogens with one attached hydrogen (secondary N) is 1. The molecule has 134 valence electrons. The third kappa shape index (κ3) is 3.48. The summed E-state index contributed by atoms with van der Waals surface area (Å²) in [4.78, 5) is 12.6. The van der Waals surface area contributed by atoms with E-state index in [-0.39, 0.29) is 18.3 Å². The van der Waals surface area contributed by atoms with Gasteiger partial charge in [0.05, 0.1) is 23.6 Å². The second-order valence-electron chi connectivity index (χ2n) is 6.17. The number of carbonyl (C=O) groups is 1. The van der Waals surface area contributed by atoms with E-state index in [0.29, 0.717) is 27.5 Å². The number of benzene rings is 2. The predicted molar refractivity (Wildman–Crippen MR) is 101 cm³/mol. The summed E-state index contributed by atoms with van der Waals surface area (Å²) in [5, 5.41) is 7.71. The fourth-order valence-electron chi connectivity index (χ4n) is 2.87. The van der Waals surface area contributed by atoms with Gasteiger partial charge in [-0.15, -0.1) is 0 Å². The highest BCUT2D eigenvalue weighted by molar-refractivity contribution is 6.31. The quantitative estimate of drug-likeness (QED) is 0.708. The highest BCUT2D eigenvalue weighted by Gasteiger charge is 2.18. The van der Waals surface area contributed by atoms with Crippen LogP contribution in [0.1, 0.15) is 32.9 Å². The first-order chi connectivity index (χ1) is 12.4. The molecule has 0 aliphatic carbocycles. The van der Waals surface area contributed by atoms with E-state index < -0.39 is 0 Å². The molecule has 0 aliphatic rings. The van der Waals surface area contributed by atoms with Gasteiger partial charge in [-0.3, -0.25) is 9.48 Å². The van der Waals surface area contributed by atoms with Gasteiger partial charge in [-0.25, -0.2) is 4.39 Å². The number of anilines is 1. The van der Waals surface area contributed by atoms with Crippen LogP contribution in [0.15, 0.2) is 42.5 Å². The number of carbonyl (C=O) groups excluding carboxylic acids is 1. The molecule has 0 saturated heterocycles. The number of halogens is 2. The Hall–Kier alpha value is -2.66. The van der Waals surface area contributed by atoms with E-state index in [1.54, 1.807) is 29.8 Å². The fraction of sp³-hybridized carbons (Fsp3) is 0.200. The predicted octanol–water partition coefficient (Wildman–Crippen LogP) is 4.90. The molecule has 0 atom stereocenters. The Morgan fingerprint density at radius 3 is 2.58 bits per heavy atom. The smallest absolute Gasteiger partial charge is 0.256 e. The van der Waals surface area contributed by atoms with Crippen LogP contribution < -0.4 is 5.32 Å². The molecule has 0 aliphatic heterocycles. The van der Waals surface area contributed by atoms with Crippen LogP contribution in [0, 0.1) is 26.6 Å². The Bertz CT molecular complexity index is 961. The number of hydrogen-bond acceptors (Lipinski definition) is 2. The van der Waals surface area contributed by atoms with Gasteiger partial charge in [0.15, 0.2) is 0 Å². The molecule has 1 N–H and O–H groups in total. The minimum Gasteiger partial charge on any atom is -0.319 e. The van der Waals surface area contributed by atoms with Gasteiger partial charge in [-0.05, 0) is 44.5 Å². The van der Waals surface area contributed by atoms with Gasteiger partial charge in [0.1, 0.15) is 5.82 Å². The van der Waals surface area contributed by atoms with Gasteiger partial charge in [0.2, 0.25) is 0 Å². The van der Waals surface area contributed by atoms with Crippen molar-refractivity contribution in [2.24, 2.45) is 0 Å². The molecule has 1 aromatic heterocycles. The number of hydrogen-bond donors (Lipinski definition) is 1. The molecule has 6 heteroatoms. The average molecular weight is 372 g/mol. The summed E-state index contributed by atoms with van der Waals surface area (Å²) in [5.41, 5.74) is 3.91. The van der Waals surface area contributed by atoms with Gasteiger partial charge < -0.3 is 5.32 Å². The van der Waals surface area contributed by atoms with Crippen LogP contribution in [0.25, 0.3) is 0 Å². The monoisotopic (exact) mass is 371 g/mol. The second-order valence-corrected chi connectivity index (χ2v) is 6.58. The van der Waals surface area contributed by atoms with Crippen molar-refractivity contribution in [3.8, 4) is 0 Å². The zero-order valence-electron chi connectivity index (χ0n) is 14.8. The molecule has 2 aromatic carbocycles. The van der Waals surface area contributed by atoms with Crippen molar-refractivity contribution in [2.75, 3.05) is 5.32 Å². The second kappa shape index (κ2) is 7.30. The van der Waals surface area contributed by atoms with Gasteiger partial charge in [0, 0.05) is 16.1 Å². The zero-order chi connectivity index (χ0) is 18.8. The minimum absolute atomic E-state index is 0.193. The summed E-state index contributed by atoms with van der Waals surface area (Å²) >= 11 is 6.11. The van der Waals surface area contributed by atoms with Crippen LogP contribution in [0.3, 0.4) is 0 Å². The molecule has 3 aromatic rings. The van der Waals surface area contributed by atoms with Crippen LogP contribution in [0.4, 0.5) is 10.1 Å². The van der Waals surface area contributed by atoms with Crippen molar-refractivity contribution in [3.63, 3.8) is 0 Å². The molecule has 0 fully saturated rings. The molecule has 0 saturated carbocycles. The third-order valence-electron chi connectivity index (χ3n) is 4.38. The van der Waals surface area contributed by atoms with E-state index in [4.69, 9.17) is 11.6 Å². The third-order valence-corrected chi connectivity index (χ3v) is 4.73. The molecule has 4 nitrogen and oxygen atoms in total. The first-order valence-electron chi connectivity index (χ1n) is 8.22. The molecule has 26 heavy (non-hydrogen) atoms. The Morgan fingerprint density at radius 1 is 1.15 bits per heavy atom. The highest BCUT2D eigenvalue weighted by Crippen LogP contribution is 2.25. The standard InChI is InChI=1S/C20H19ClFN3O/c1-12-7-4-5-8-15(12)20(26)23-19-13(2)24-25(14(19)3)11-16-17(21)9-6-10-18(16)22/h4-10H,11H2,1-3H3,(H,23,26). The fourth-order valence-corrected chi connectivity index (χ4v) is 3.10. The Labute approximate surface area is 156 Å². The van der Waals surface area contributed by atoms with Crippen LogP contribution in [-0.2, 0) is 6.54 Å². The van der Waals surface area contributed by atoms with E-state index in [1.807, 2.05) is 32.0 Å². The number of aryl methyl sites for hydroxylation is 2. The zero-order valence-corrected chi connectivity index (χ0v) is 15.6. The maximum Gasteiger partial charge on any atom is 0.256 e. The maximum absolute atomic E-state index is 14.1. The molecular formula is C20H19ClFN3O. The van der Waals surface area contributed by atoms with E-state index in [2.05, 4.69) is 10.4 Å². The van der Waals surface area contributed by atoms with Gasteiger partial charge in [0.25, 0.3) is 5.91 Å². The minimum atomic E-state index is -0.379. The summed E-state index contributed by atoms with van der Waals surface area (Å²) in [5.74, 6) is -0.576. The van der Waals surface area contributed by atoms with Crippen LogP contribution in [0.5, 0.6) is 0 Å². The summed E-state index contributed by atoms with van der Waals surface area (Å²) in [6.45, 7) is 5.72. The van der Waals surface area contributed by atoms with Gasteiger partial charge in [-0.2, -0.15) is 5.10 Å². The summed E-state index contributed by atoms with van der Waals surface area (Å²) in [6.07, 6.45) is 0. The van der Waals surface area contributed by atoms with Crippen molar-refractivity contribution in [1.82, 2.24) is 9.78 Å². The molecule has 0 bridgehead atoms. The lowest BCUT2D eigenvalue weighted by Gasteiger charge is -2.10. The van der Waals surface area contributed by atoms with Crippen LogP contribution in [0.2, 0.25) is 5.02 Å². The van der Waals surface area contributed by atoms with Crippen LogP contribution in [-0.4, -0.2) is 15.7 Å². The molecule has 3 rings (SSSR count). The lowest BCUT2D eigenvalue weighted by molar-refractivity contribution is 0.102. The molecule has 0 spiro atoms. The lowest BCUT2D eigenvalue weighted by Crippen LogP contribution is -2.14. The molecular weight excluding hydrogens is 353 g/mol. The summed E-state index contributed by atoms with van der Waals surface area (Å²) in [6, 6.07) is 12.0. The van der Waals surface area contributed by atoms with E-state index in [0.717, 1.165) is 11.3 Å². The Kier molecular flexibility index (Phi) is 5.09. The number of amides is 1. The number of rotatable bonds is 4. The summed E-state index contributed by atoms with van der Waals surface area (Å²) in [7, 11) is 0. The number of nitrogens with zero attached hydrogens (tertiary/aromatic N) is 2. The molecule has 1 heterocycles. The SMILES string of the molecule is Cc1ccccc1C(=O)Nc1c(C)nn(Cc2c(F)cccc2Cl)c1C. The van der Waals surface area contributed by atoms with E-state index in [9.17, 15) is 9.18 Å². The molecule has 1 amide bonds. The Balaban J connectivity index is 1.89. The first-order valence-corrected chi connectivity index (χ1v) is 8.60. The number of aromatic nitrogens is 2. The normalized spacial score (nSPS) is 10.8. The summed E-state index contributed by atoms with van der Waals surface area (Å²) < 4.78 is 15.7. The van der Waals surface area contributed by atoms with Gasteiger partial charge >= 0.3 is 0 Å². The van der Waals surface area contributed by atoms with Crippen molar-refractivity contribution in [1.29, 1.82) is 0 Å². The van der Waals surface area contributed by atoms with Crippen LogP contribution >= 0.6 is 11.6 Å². The highest BCUT2D eigenvalue weighted by atomic mass is 35.5. The average Bonchev–Trinajstić information content (AvgIpc) is 2.86. The van der Waals surface area contributed by atoms with E-state index >= 15 is 0 Å². The Morgan fingerprint density at radius 2 is 1.88 bits per heavy atom. The van der Waals surface area contributed by atoms with Crippen molar-refractivity contribution in [3.05, 3.63) is 81.4 Å². The topological polar surface area (TPSA) is 46.9 Å².